The molecule has 2 heteroatoms. The van der Waals surface area contributed by atoms with Gasteiger partial charge in [0.25, 0.3) is 0 Å². The summed E-state index contributed by atoms with van der Waals surface area (Å²) >= 11 is 0. The maximum absolute atomic E-state index is 3.70. The second kappa shape index (κ2) is 8.24. The molecular formula is C27H31N2+. The Labute approximate surface area is 174 Å². The largest absolute Gasteiger partial charge is 0.269 e. The molecule has 29 heavy (non-hydrogen) atoms. The zero-order valence-corrected chi connectivity index (χ0v) is 17.8. The molecule has 2 atom stereocenters. The Morgan fingerprint density at radius 2 is 1.17 bits per heavy atom. The minimum absolute atomic E-state index is 0.205. The summed E-state index contributed by atoms with van der Waals surface area (Å²) in [5.74, 6) is 0.925. The van der Waals surface area contributed by atoms with Crippen LogP contribution in [0.1, 0.15) is 73.9 Å². The highest BCUT2D eigenvalue weighted by Gasteiger charge is 2.40. The molecular weight excluding hydrogens is 352 g/mol. The minimum atomic E-state index is 0.205. The quantitative estimate of drug-likeness (QED) is 0.485. The number of rotatable bonds is 5. The number of hydrogen-bond acceptors (Lipinski definition) is 1. The van der Waals surface area contributed by atoms with E-state index < -0.39 is 0 Å². The van der Waals surface area contributed by atoms with Crippen LogP contribution >= 0.6 is 0 Å². The first kappa shape index (κ1) is 19.4. The molecule has 1 N–H and O–H groups in total. The highest BCUT2D eigenvalue weighted by atomic mass is 15.2. The fraction of sp³-hybridized carbons (Fsp3) is 0.296. The van der Waals surface area contributed by atoms with Crippen LogP contribution in [-0.4, -0.2) is 10.9 Å². The Morgan fingerprint density at radius 1 is 0.655 bits per heavy atom. The van der Waals surface area contributed by atoms with Gasteiger partial charge in [-0.3, -0.25) is 5.32 Å². The van der Waals surface area contributed by atoms with Crippen LogP contribution < -0.4 is 5.32 Å². The van der Waals surface area contributed by atoms with E-state index in [1.54, 1.807) is 0 Å². The molecule has 1 aliphatic heterocycles. The van der Waals surface area contributed by atoms with E-state index in [1.165, 1.54) is 27.9 Å². The summed E-state index contributed by atoms with van der Waals surface area (Å²) in [5, 5.41) is 3.70. The Balaban J connectivity index is 1.90. The molecule has 2 unspecified atom stereocenters. The predicted octanol–water partition coefficient (Wildman–Crippen LogP) is 6.69. The monoisotopic (exact) mass is 383 g/mol. The van der Waals surface area contributed by atoms with Crippen LogP contribution in [0, 0.1) is 0 Å². The van der Waals surface area contributed by atoms with E-state index in [0.717, 1.165) is 0 Å². The van der Waals surface area contributed by atoms with Crippen LogP contribution in [0.2, 0.25) is 0 Å². The van der Waals surface area contributed by atoms with Gasteiger partial charge in [-0.25, -0.2) is 4.58 Å². The van der Waals surface area contributed by atoms with E-state index in [9.17, 15) is 0 Å². The maximum Gasteiger partial charge on any atom is 0.238 e. The minimum Gasteiger partial charge on any atom is -0.269 e. The summed E-state index contributed by atoms with van der Waals surface area (Å²) in [6, 6.07) is 28.9. The summed E-state index contributed by atoms with van der Waals surface area (Å²) in [6.07, 6.45) is 2.20. The first-order valence-corrected chi connectivity index (χ1v) is 10.7. The van der Waals surface area contributed by atoms with Gasteiger partial charge in [0, 0.05) is 22.3 Å². The molecule has 0 saturated heterocycles. The van der Waals surface area contributed by atoms with Crippen molar-refractivity contribution in [1.29, 1.82) is 0 Å². The summed E-state index contributed by atoms with van der Waals surface area (Å²) in [4.78, 5) is 0. The van der Waals surface area contributed by atoms with Crippen molar-refractivity contribution >= 4 is 12.0 Å². The van der Waals surface area contributed by atoms with E-state index >= 15 is 0 Å². The van der Waals surface area contributed by atoms with Gasteiger partial charge in [-0.2, -0.15) is 0 Å². The van der Waals surface area contributed by atoms with Crippen LogP contribution in [-0.2, 0) is 0 Å². The van der Waals surface area contributed by atoms with Crippen molar-refractivity contribution < 1.29 is 4.58 Å². The van der Waals surface area contributed by atoms with Crippen molar-refractivity contribution in [3.05, 3.63) is 101 Å². The van der Waals surface area contributed by atoms with E-state index in [2.05, 4.69) is 123 Å². The molecule has 0 saturated carbocycles. The van der Waals surface area contributed by atoms with Gasteiger partial charge in [-0.15, -0.1) is 0 Å². The fourth-order valence-corrected chi connectivity index (χ4v) is 4.45. The Hall–Kier alpha value is -2.87. The predicted molar refractivity (Wildman–Crippen MR) is 122 cm³/mol. The highest BCUT2D eigenvalue weighted by molar-refractivity contribution is 5.60. The Bertz CT molecular complexity index is 961. The normalized spacial score (nSPS) is 18.8. The number of hydrogen-bond donors (Lipinski definition) is 1. The number of para-hydroxylation sites is 1. The van der Waals surface area contributed by atoms with Crippen LogP contribution in [0.25, 0.3) is 0 Å². The van der Waals surface area contributed by atoms with Crippen molar-refractivity contribution in [3.8, 4) is 0 Å². The fourth-order valence-electron chi connectivity index (χ4n) is 4.45. The van der Waals surface area contributed by atoms with Crippen molar-refractivity contribution in [1.82, 2.24) is 5.32 Å². The zero-order chi connectivity index (χ0) is 20.4. The van der Waals surface area contributed by atoms with Gasteiger partial charge in [0.15, 0.2) is 12.1 Å². The van der Waals surface area contributed by atoms with Crippen LogP contribution in [0.4, 0.5) is 5.69 Å². The van der Waals surface area contributed by atoms with Crippen LogP contribution in [0.5, 0.6) is 0 Å². The van der Waals surface area contributed by atoms with E-state index in [0.29, 0.717) is 11.8 Å². The standard InChI is InChI=1S/C27H30N2/c1-19(2)23-16-11-17-24(20(3)4)27(23)29-18-28-25(21-12-7-5-8-13-21)26(29)22-14-9-6-10-15-22/h5-20,25-26H,1-4H3/p+1. The zero-order valence-electron chi connectivity index (χ0n) is 17.8. The first-order valence-electron chi connectivity index (χ1n) is 10.7. The van der Waals surface area contributed by atoms with Gasteiger partial charge >= 0.3 is 0 Å². The molecule has 0 fully saturated rings. The molecule has 0 amide bonds. The molecule has 148 valence electrons. The van der Waals surface area contributed by atoms with Crippen molar-refractivity contribution in [2.75, 3.05) is 0 Å². The molecule has 0 aliphatic carbocycles. The first-order chi connectivity index (χ1) is 14.1. The molecule has 1 heterocycles. The molecule has 1 aliphatic rings. The lowest BCUT2D eigenvalue weighted by Crippen LogP contribution is -2.21. The van der Waals surface area contributed by atoms with E-state index in [-0.39, 0.29) is 12.1 Å². The molecule has 0 aromatic heterocycles. The molecule has 0 bridgehead atoms. The smallest absolute Gasteiger partial charge is 0.238 e. The van der Waals surface area contributed by atoms with Gasteiger partial charge < -0.3 is 0 Å². The number of benzene rings is 3. The Morgan fingerprint density at radius 3 is 1.69 bits per heavy atom. The number of nitrogens with zero attached hydrogens (tertiary/aromatic N) is 1. The van der Waals surface area contributed by atoms with Gasteiger partial charge in [0.2, 0.25) is 6.34 Å². The molecule has 3 aromatic carbocycles. The van der Waals surface area contributed by atoms with Crippen LogP contribution in [0.3, 0.4) is 0 Å². The summed E-state index contributed by atoms with van der Waals surface area (Å²) < 4.78 is 2.48. The van der Waals surface area contributed by atoms with Crippen molar-refractivity contribution in [2.24, 2.45) is 0 Å². The van der Waals surface area contributed by atoms with Crippen molar-refractivity contribution in [2.45, 2.75) is 51.6 Å². The second-order valence-electron chi connectivity index (χ2n) is 8.54. The summed E-state index contributed by atoms with van der Waals surface area (Å²) in [5.41, 5.74) is 6.81. The molecule has 4 rings (SSSR count). The molecule has 2 nitrogen and oxygen atoms in total. The summed E-state index contributed by atoms with van der Waals surface area (Å²) in [7, 11) is 0. The third-order valence-electron chi connectivity index (χ3n) is 5.91. The van der Waals surface area contributed by atoms with E-state index in [1.807, 2.05) is 0 Å². The molecule has 3 aromatic rings. The van der Waals surface area contributed by atoms with Gasteiger partial charge in [0.1, 0.15) is 5.69 Å². The van der Waals surface area contributed by atoms with E-state index in [4.69, 9.17) is 0 Å². The lowest BCUT2D eigenvalue weighted by molar-refractivity contribution is -0.482. The van der Waals surface area contributed by atoms with Crippen molar-refractivity contribution in [3.63, 3.8) is 0 Å². The average molecular weight is 384 g/mol. The SMILES string of the molecule is CC(C)c1cccc(C(C)C)c1[N+]1=CNC(c2ccccc2)C1c1ccccc1. The van der Waals surface area contributed by atoms with Crippen LogP contribution in [0.15, 0.2) is 78.9 Å². The Kier molecular flexibility index (Phi) is 5.53. The van der Waals surface area contributed by atoms with Gasteiger partial charge in [0.05, 0.1) is 0 Å². The number of nitrogens with one attached hydrogen (secondary N) is 1. The molecule has 0 spiro atoms. The topological polar surface area (TPSA) is 15.0 Å². The third kappa shape index (κ3) is 3.72. The maximum atomic E-state index is 3.70. The lowest BCUT2D eigenvalue weighted by Gasteiger charge is -2.24. The third-order valence-corrected chi connectivity index (χ3v) is 5.91. The second-order valence-corrected chi connectivity index (χ2v) is 8.54. The summed E-state index contributed by atoms with van der Waals surface area (Å²) in [6.45, 7) is 9.16. The van der Waals surface area contributed by atoms with Gasteiger partial charge in [-0.1, -0.05) is 107 Å². The average Bonchev–Trinajstić information content (AvgIpc) is 3.19. The lowest BCUT2D eigenvalue weighted by atomic mass is 9.89. The highest BCUT2D eigenvalue weighted by Crippen LogP contribution is 2.43. The van der Waals surface area contributed by atoms with Gasteiger partial charge in [-0.05, 0) is 11.8 Å². The molecule has 0 radical (unpaired) electrons.